The predicted molar refractivity (Wildman–Crippen MR) is 60.7 cm³/mol. The summed E-state index contributed by atoms with van der Waals surface area (Å²) >= 11 is 0. The van der Waals surface area contributed by atoms with E-state index in [0.717, 1.165) is 6.07 Å². The van der Waals surface area contributed by atoms with Gasteiger partial charge in [0.2, 0.25) is 0 Å². The molecule has 4 N–H and O–H groups in total. The largest absolute Gasteiger partial charge is 0.465 e. The van der Waals surface area contributed by atoms with Crippen molar-refractivity contribution in [3.05, 3.63) is 17.5 Å². The van der Waals surface area contributed by atoms with E-state index in [1.54, 1.807) is 20.8 Å². The van der Waals surface area contributed by atoms with Crippen LogP contribution >= 0.6 is 0 Å². The minimum Gasteiger partial charge on any atom is -0.465 e. The third kappa shape index (κ3) is 3.52. The number of carboxylic acid groups (broad SMARTS) is 1. The highest BCUT2D eigenvalue weighted by molar-refractivity contribution is 5.65. The molecule has 0 aliphatic rings. The summed E-state index contributed by atoms with van der Waals surface area (Å²) in [5, 5.41) is 14.1. The number of rotatable bonds is 2. The van der Waals surface area contributed by atoms with Crippen LogP contribution in [0.3, 0.4) is 0 Å². The van der Waals surface area contributed by atoms with Crippen molar-refractivity contribution >= 4 is 6.09 Å². The van der Waals surface area contributed by atoms with Crippen LogP contribution in [0.5, 0.6) is 0 Å². The molecule has 1 heterocycles. The summed E-state index contributed by atoms with van der Waals surface area (Å²) in [6.45, 7) is 5.02. The fourth-order valence-electron chi connectivity index (χ4n) is 1.62. The summed E-state index contributed by atoms with van der Waals surface area (Å²) < 4.78 is 37.6. The number of hydrogen-bond acceptors (Lipinski definition) is 3. The van der Waals surface area contributed by atoms with E-state index in [1.807, 2.05) is 0 Å². The zero-order valence-corrected chi connectivity index (χ0v) is 10.6. The van der Waals surface area contributed by atoms with Crippen molar-refractivity contribution in [3.63, 3.8) is 0 Å². The Morgan fingerprint density at radius 2 is 2.00 bits per heavy atom. The third-order valence-electron chi connectivity index (χ3n) is 2.48. The molecule has 0 saturated carbocycles. The van der Waals surface area contributed by atoms with Gasteiger partial charge in [-0.25, -0.2) is 4.79 Å². The number of nitrogen functional groups attached to an aromatic ring is 1. The molecule has 108 valence electrons. The van der Waals surface area contributed by atoms with E-state index < -0.39 is 29.4 Å². The summed E-state index contributed by atoms with van der Waals surface area (Å²) in [7, 11) is 0. The molecule has 1 amide bonds. The van der Waals surface area contributed by atoms with E-state index in [1.165, 1.54) is 0 Å². The molecule has 0 spiro atoms. The second kappa shape index (κ2) is 4.63. The molecule has 0 bridgehead atoms. The van der Waals surface area contributed by atoms with Gasteiger partial charge >= 0.3 is 12.3 Å². The van der Waals surface area contributed by atoms with Crippen molar-refractivity contribution in [1.29, 1.82) is 0 Å². The van der Waals surface area contributed by atoms with E-state index in [2.05, 4.69) is 10.4 Å². The summed E-state index contributed by atoms with van der Waals surface area (Å²) in [6.07, 6.45) is -5.99. The molecule has 0 saturated heterocycles. The molecule has 1 aromatic heterocycles. The molecule has 0 aliphatic heterocycles. The zero-order chi connectivity index (χ0) is 15.0. The molecule has 0 aliphatic carbocycles. The summed E-state index contributed by atoms with van der Waals surface area (Å²) in [4.78, 5) is 11.3. The fourth-order valence-corrected chi connectivity index (χ4v) is 1.62. The molecule has 1 atom stereocenters. The van der Waals surface area contributed by atoms with Gasteiger partial charge in [0, 0.05) is 0 Å². The fraction of sp³-hybridized carbons (Fsp3) is 0.600. The lowest BCUT2D eigenvalue weighted by Crippen LogP contribution is -2.38. The quantitative estimate of drug-likeness (QED) is 0.722. The molecule has 9 heteroatoms. The topological polar surface area (TPSA) is 93.2 Å². The Hall–Kier alpha value is -1.93. The molecule has 0 aromatic carbocycles. The molecule has 1 aromatic rings. The Morgan fingerprint density at radius 1 is 1.47 bits per heavy atom. The van der Waals surface area contributed by atoms with Gasteiger partial charge in [-0.05, 0) is 11.5 Å². The standard InChI is InChI=1S/C10H15F3N4O2/c1-9(2,3)7(15-8(18)19)5-4-6(10(11,12)13)16-17(5)14/h4,7,15H,14H2,1-3H3,(H,18,19). The van der Waals surface area contributed by atoms with Gasteiger partial charge < -0.3 is 16.3 Å². The first-order valence-corrected chi connectivity index (χ1v) is 5.34. The second-order valence-corrected chi connectivity index (χ2v) is 5.15. The molecule has 19 heavy (non-hydrogen) atoms. The van der Waals surface area contributed by atoms with Gasteiger partial charge in [-0.3, -0.25) is 0 Å². The van der Waals surface area contributed by atoms with Crippen LogP contribution in [0.2, 0.25) is 0 Å². The average molecular weight is 280 g/mol. The minimum absolute atomic E-state index is 0.0535. The number of carbonyl (C=O) groups is 1. The van der Waals surface area contributed by atoms with Crippen LogP contribution < -0.4 is 11.2 Å². The molecule has 1 unspecified atom stereocenters. The number of nitrogens with zero attached hydrogens (tertiary/aromatic N) is 2. The van der Waals surface area contributed by atoms with Crippen LogP contribution in [0.25, 0.3) is 0 Å². The van der Waals surface area contributed by atoms with E-state index in [-0.39, 0.29) is 5.69 Å². The molecule has 1 rings (SSSR count). The van der Waals surface area contributed by atoms with Crippen molar-refractivity contribution in [1.82, 2.24) is 15.2 Å². The van der Waals surface area contributed by atoms with Crippen LogP contribution in [-0.2, 0) is 6.18 Å². The maximum atomic E-state index is 12.5. The van der Waals surface area contributed by atoms with Crippen LogP contribution in [-0.4, -0.2) is 21.1 Å². The first-order chi connectivity index (χ1) is 8.43. The van der Waals surface area contributed by atoms with E-state index >= 15 is 0 Å². The van der Waals surface area contributed by atoms with Crippen molar-refractivity contribution in [2.45, 2.75) is 33.0 Å². The van der Waals surface area contributed by atoms with Gasteiger partial charge in [0.1, 0.15) is 0 Å². The molecule has 0 radical (unpaired) electrons. The number of nitrogens with one attached hydrogen (secondary N) is 1. The number of aromatic nitrogens is 2. The SMILES string of the molecule is CC(C)(C)C(NC(=O)O)c1cc(C(F)(F)F)nn1N. The molecule has 6 nitrogen and oxygen atoms in total. The number of hydrogen-bond donors (Lipinski definition) is 3. The predicted octanol–water partition coefficient (Wildman–Crippen LogP) is 1.97. The normalized spacial score (nSPS) is 14.2. The van der Waals surface area contributed by atoms with Crippen molar-refractivity contribution in [2.24, 2.45) is 5.41 Å². The highest BCUT2D eigenvalue weighted by Crippen LogP contribution is 2.35. The Morgan fingerprint density at radius 3 is 2.32 bits per heavy atom. The highest BCUT2D eigenvalue weighted by atomic mass is 19.4. The smallest absolute Gasteiger partial charge is 0.435 e. The summed E-state index contributed by atoms with van der Waals surface area (Å²) in [5.41, 5.74) is -1.88. The first kappa shape index (κ1) is 15.1. The van der Waals surface area contributed by atoms with Gasteiger partial charge in [0.15, 0.2) is 5.69 Å². The van der Waals surface area contributed by atoms with Gasteiger partial charge in [-0.1, -0.05) is 20.8 Å². The second-order valence-electron chi connectivity index (χ2n) is 5.15. The number of alkyl halides is 3. The van der Waals surface area contributed by atoms with Gasteiger partial charge in [-0.15, -0.1) is 5.10 Å². The van der Waals surface area contributed by atoms with Crippen molar-refractivity contribution in [2.75, 3.05) is 5.84 Å². The lowest BCUT2D eigenvalue weighted by molar-refractivity contribution is -0.141. The number of halogens is 3. The van der Waals surface area contributed by atoms with E-state index in [4.69, 9.17) is 10.9 Å². The Bertz CT molecular complexity index is 476. The van der Waals surface area contributed by atoms with Crippen LogP contribution in [0.4, 0.5) is 18.0 Å². The highest BCUT2D eigenvalue weighted by Gasteiger charge is 2.38. The van der Waals surface area contributed by atoms with Crippen molar-refractivity contribution < 1.29 is 23.1 Å². The van der Waals surface area contributed by atoms with E-state index in [0.29, 0.717) is 4.79 Å². The average Bonchev–Trinajstić information content (AvgIpc) is 2.54. The maximum absolute atomic E-state index is 12.5. The maximum Gasteiger partial charge on any atom is 0.435 e. The lowest BCUT2D eigenvalue weighted by Gasteiger charge is -2.30. The summed E-state index contributed by atoms with van der Waals surface area (Å²) in [5.74, 6) is 5.38. The first-order valence-electron chi connectivity index (χ1n) is 5.34. The molecular formula is C10H15F3N4O2. The minimum atomic E-state index is -4.63. The van der Waals surface area contributed by atoms with Crippen LogP contribution in [0.15, 0.2) is 6.07 Å². The van der Waals surface area contributed by atoms with Crippen molar-refractivity contribution in [3.8, 4) is 0 Å². The van der Waals surface area contributed by atoms with Crippen LogP contribution in [0.1, 0.15) is 38.2 Å². The lowest BCUT2D eigenvalue weighted by atomic mass is 9.84. The Kier molecular flexibility index (Phi) is 3.69. The van der Waals surface area contributed by atoms with Gasteiger partial charge in [0.25, 0.3) is 0 Å². The van der Waals surface area contributed by atoms with Crippen LogP contribution in [0, 0.1) is 5.41 Å². The number of amides is 1. The Balaban J connectivity index is 3.24. The zero-order valence-electron chi connectivity index (χ0n) is 10.6. The molecule has 0 fully saturated rings. The summed E-state index contributed by atoms with van der Waals surface area (Å²) in [6, 6.07) is -0.176. The van der Waals surface area contributed by atoms with Gasteiger partial charge in [0.05, 0.1) is 11.7 Å². The molecular weight excluding hydrogens is 265 g/mol. The van der Waals surface area contributed by atoms with Gasteiger partial charge in [-0.2, -0.15) is 18.0 Å². The monoisotopic (exact) mass is 280 g/mol. The number of nitrogens with two attached hydrogens (primary N) is 1. The van der Waals surface area contributed by atoms with E-state index in [9.17, 15) is 18.0 Å². The third-order valence-corrected chi connectivity index (χ3v) is 2.48. The Labute approximate surface area is 107 Å².